The van der Waals surface area contributed by atoms with Crippen LogP contribution < -0.4 is 0 Å². The molecule has 0 spiro atoms. The maximum absolute atomic E-state index is 13.1. The molecular weight excluding hydrogens is 300 g/mol. The topological polar surface area (TPSA) is 53.9 Å². The van der Waals surface area contributed by atoms with E-state index in [2.05, 4.69) is 17.0 Å². The van der Waals surface area contributed by atoms with Crippen molar-refractivity contribution in [3.05, 3.63) is 53.0 Å². The van der Waals surface area contributed by atoms with Crippen molar-refractivity contribution < 1.29 is 4.79 Å². The van der Waals surface area contributed by atoms with Gasteiger partial charge in [-0.1, -0.05) is 6.07 Å². The van der Waals surface area contributed by atoms with Gasteiger partial charge in [-0.15, -0.1) is 0 Å². The van der Waals surface area contributed by atoms with Crippen LogP contribution in [0.4, 0.5) is 0 Å². The van der Waals surface area contributed by atoms with Crippen LogP contribution in [0.1, 0.15) is 46.2 Å². The predicted octanol–water partition coefficient (Wildman–Crippen LogP) is 3.50. The van der Waals surface area contributed by atoms with Crippen LogP contribution >= 0.6 is 0 Å². The Kier molecular flexibility index (Phi) is 3.44. The first kappa shape index (κ1) is 15.0. The minimum Gasteiger partial charge on any atom is -0.361 e. The smallest absolute Gasteiger partial charge is 0.254 e. The van der Waals surface area contributed by atoms with Gasteiger partial charge in [-0.2, -0.15) is 5.10 Å². The van der Waals surface area contributed by atoms with E-state index in [1.165, 1.54) is 5.56 Å². The molecule has 1 aliphatic rings. The molecule has 5 nitrogen and oxygen atoms in total. The second kappa shape index (κ2) is 5.51. The summed E-state index contributed by atoms with van der Waals surface area (Å²) in [7, 11) is 1.96. The first-order valence-electron chi connectivity index (χ1n) is 8.44. The molecule has 3 aromatic rings. The van der Waals surface area contributed by atoms with Crippen LogP contribution in [0.15, 0.2) is 30.5 Å². The molecule has 1 atom stereocenters. The molecule has 0 radical (unpaired) electrons. The van der Waals surface area contributed by atoms with Gasteiger partial charge in [0.05, 0.1) is 11.7 Å². The molecule has 24 heavy (non-hydrogen) atoms. The Morgan fingerprint density at radius 2 is 2.12 bits per heavy atom. The van der Waals surface area contributed by atoms with Crippen molar-refractivity contribution in [2.45, 2.75) is 32.7 Å². The zero-order valence-electron chi connectivity index (χ0n) is 14.3. The summed E-state index contributed by atoms with van der Waals surface area (Å²) in [6.45, 7) is 4.93. The molecule has 3 heterocycles. The van der Waals surface area contributed by atoms with Gasteiger partial charge in [0.1, 0.15) is 0 Å². The SMILES string of the molecule is Cc1nn(C)c(C)c1[C@@H]1CCCN1C(=O)c1ccc2cc[nH]c2c1. The van der Waals surface area contributed by atoms with Crippen molar-refractivity contribution >= 4 is 16.8 Å². The molecule has 124 valence electrons. The molecule has 0 bridgehead atoms. The summed E-state index contributed by atoms with van der Waals surface area (Å²) in [5, 5.41) is 5.66. The van der Waals surface area contributed by atoms with Crippen molar-refractivity contribution in [3.63, 3.8) is 0 Å². The van der Waals surface area contributed by atoms with E-state index in [0.717, 1.165) is 47.2 Å². The van der Waals surface area contributed by atoms with Gasteiger partial charge in [-0.3, -0.25) is 9.48 Å². The number of aryl methyl sites for hydroxylation is 2. The van der Waals surface area contributed by atoms with Gasteiger partial charge >= 0.3 is 0 Å². The summed E-state index contributed by atoms with van der Waals surface area (Å²) in [6.07, 6.45) is 3.94. The first-order valence-corrected chi connectivity index (χ1v) is 8.44. The second-order valence-corrected chi connectivity index (χ2v) is 6.64. The number of rotatable bonds is 2. The highest BCUT2D eigenvalue weighted by atomic mass is 16.2. The maximum Gasteiger partial charge on any atom is 0.254 e. The summed E-state index contributed by atoms with van der Waals surface area (Å²) >= 11 is 0. The lowest BCUT2D eigenvalue weighted by atomic mass is 10.0. The van der Waals surface area contributed by atoms with Gasteiger partial charge in [0, 0.05) is 42.1 Å². The number of carbonyl (C=O) groups is 1. The Hall–Kier alpha value is -2.56. The highest BCUT2D eigenvalue weighted by Gasteiger charge is 2.33. The van der Waals surface area contributed by atoms with Crippen LogP contribution in [0.25, 0.3) is 10.9 Å². The monoisotopic (exact) mass is 322 g/mol. The Morgan fingerprint density at radius 3 is 2.88 bits per heavy atom. The van der Waals surface area contributed by atoms with Crippen molar-refractivity contribution in [3.8, 4) is 0 Å². The number of aromatic nitrogens is 3. The van der Waals surface area contributed by atoms with E-state index in [0.29, 0.717) is 0 Å². The lowest BCUT2D eigenvalue weighted by Crippen LogP contribution is -2.31. The summed E-state index contributed by atoms with van der Waals surface area (Å²) in [5.74, 6) is 0.108. The zero-order valence-corrected chi connectivity index (χ0v) is 14.3. The zero-order chi connectivity index (χ0) is 16.8. The van der Waals surface area contributed by atoms with Gasteiger partial charge in [0.2, 0.25) is 0 Å². The number of nitrogens with one attached hydrogen (secondary N) is 1. The second-order valence-electron chi connectivity index (χ2n) is 6.64. The Labute approximate surface area is 141 Å². The predicted molar refractivity (Wildman–Crippen MR) is 94.0 cm³/mol. The number of carbonyl (C=O) groups excluding carboxylic acids is 1. The quantitative estimate of drug-likeness (QED) is 0.785. The number of hydrogen-bond acceptors (Lipinski definition) is 2. The normalized spacial score (nSPS) is 17.8. The molecule has 0 aliphatic carbocycles. The molecule has 1 saturated heterocycles. The number of amides is 1. The minimum absolute atomic E-state index is 0.108. The van der Waals surface area contributed by atoms with Crippen LogP contribution in [0.3, 0.4) is 0 Å². The average molecular weight is 322 g/mol. The van der Waals surface area contributed by atoms with Gasteiger partial charge in [0.25, 0.3) is 5.91 Å². The number of benzene rings is 1. The van der Waals surface area contributed by atoms with Crippen LogP contribution in [-0.4, -0.2) is 32.1 Å². The van der Waals surface area contributed by atoms with E-state index in [4.69, 9.17) is 0 Å². The number of hydrogen-bond donors (Lipinski definition) is 1. The van der Waals surface area contributed by atoms with E-state index >= 15 is 0 Å². The molecule has 1 aromatic carbocycles. The number of nitrogens with zero attached hydrogens (tertiary/aromatic N) is 3. The first-order chi connectivity index (χ1) is 11.6. The molecule has 0 unspecified atom stereocenters. The number of fused-ring (bicyclic) bond motifs is 1. The third-order valence-corrected chi connectivity index (χ3v) is 5.21. The summed E-state index contributed by atoms with van der Waals surface area (Å²) in [6, 6.07) is 8.04. The van der Waals surface area contributed by atoms with E-state index < -0.39 is 0 Å². The minimum atomic E-state index is 0.108. The highest BCUT2D eigenvalue weighted by molar-refractivity contribution is 5.98. The lowest BCUT2D eigenvalue weighted by Gasteiger charge is -2.25. The lowest BCUT2D eigenvalue weighted by molar-refractivity contribution is 0.0735. The molecule has 1 amide bonds. The standard InChI is InChI=1S/C19H22N4O/c1-12-18(13(2)22(3)21-12)17-5-4-10-23(17)19(24)15-7-6-14-8-9-20-16(14)11-15/h6-9,11,17,20H,4-5,10H2,1-3H3/t17-/m0/s1. The van der Waals surface area contributed by atoms with Crippen molar-refractivity contribution in [1.82, 2.24) is 19.7 Å². The highest BCUT2D eigenvalue weighted by Crippen LogP contribution is 2.36. The van der Waals surface area contributed by atoms with E-state index in [1.807, 2.05) is 54.0 Å². The average Bonchev–Trinajstić information content (AvgIpc) is 3.26. The third kappa shape index (κ3) is 2.23. The Bertz CT molecular complexity index is 921. The van der Waals surface area contributed by atoms with Crippen LogP contribution in [-0.2, 0) is 7.05 Å². The van der Waals surface area contributed by atoms with Crippen molar-refractivity contribution in [1.29, 1.82) is 0 Å². The largest absolute Gasteiger partial charge is 0.361 e. The van der Waals surface area contributed by atoms with Gasteiger partial charge in [-0.05, 0) is 50.3 Å². The van der Waals surface area contributed by atoms with Crippen LogP contribution in [0, 0.1) is 13.8 Å². The molecule has 1 N–H and O–H groups in total. The Balaban J connectivity index is 1.70. The molecule has 1 aliphatic heterocycles. The summed E-state index contributed by atoms with van der Waals surface area (Å²) < 4.78 is 1.91. The van der Waals surface area contributed by atoms with Gasteiger partial charge in [0.15, 0.2) is 0 Å². The number of H-pyrrole nitrogens is 1. The van der Waals surface area contributed by atoms with Crippen LogP contribution in [0.2, 0.25) is 0 Å². The van der Waals surface area contributed by atoms with E-state index in [9.17, 15) is 4.79 Å². The fourth-order valence-electron chi connectivity index (χ4n) is 3.93. The molecule has 4 rings (SSSR count). The van der Waals surface area contributed by atoms with Crippen molar-refractivity contribution in [2.24, 2.45) is 7.05 Å². The molecule has 5 heteroatoms. The fraction of sp³-hybridized carbons (Fsp3) is 0.368. The molecular formula is C19H22N4O. The summed E-state index contributed by atoms with van der Waals surface area (Å²) in [5.41, 5.74) is 5.14. The maximum atomic E-state index is 13.1. The molecule has 2 aromatic heterocycles. The van der Waals surface area contributed by atoms with Crippen LogP contribution in [0.5, 0.6) is 0 Å². The number of aromatic amines is 1. The third-order valence-electron chi connectivity index (χ3n) is 5.21. The Morgan fingerprint density at radius 1 is 1.29 bits per heavy atom. The number of likely N-dealkylation sites (tertiary alicyclic amines) is 1. The van der Waals surface area contributed by atoms with Gasteiger partial charge in [-0.25, -0.2) is 0 Å². The van der Waals surface area contributed by atoms with Gasteiger partial charge < -0.3 is 9.88 Å². The molecule has 0 saturated carbocycles. The summed E-state index contributed by atoms with van der Waals surface area (Å²) in [4.78, 5) is 18.3. The van der Waals surface area contributed by atoms with Crippen molar-refractivity contribution in [2.75, 3.05) is 6.54 Å². The molecule has 1 fully saturated rings. The van der Waals surface area contributed by atoms with E-state index in [-0.39, 0.29) is 11.9 Å². The van der Waals surface area contributed by atoms with E-state index in [1.54, 1.807) is 0 Å². The fourth-order valence-corrected chi connectivity index (χ4v) is 3.93.